The maximum Gasteiger partial charge on any atom is 0.271 e. The van der Waals surface area contributed by atoms with Gasteiger partial charge in [0.1, 0.15) is 11.5 Å². The Morgan fingerprint density at radius 3 is 2.65 bits per heavy atom. The van der Waals surface area contributed by atoms with E-state index in [1.54, 1.807) is 48.5 Å². The minimum atomic E-state index is -0.309. The SMILES string of the molecule is CC(C)COc1ccc(C(=O)N/N=C/c2cccc(O)c2)cc1. The molecule has 0 saturated heterocycles. The topological polar surface area (TPSA) is 70.9 Å². The summed E-state index contributed by atoms with van der Waals surface area (Å²) in [6.07, 6.45) is 1.47. The number of carbonyl (C=O) groups is 1. The Morgan fingerprint density at radius 1 is 1.26 bits per heavy atom. The fraction of sp³-hybridized carbons (Fsp3) is 0.222. The van der Waals surface area contributed by atoms with Crippen LogP contribution in [0.5, 0.6) is 11.5 Å². The summed E-state index contributed by atoms with van der Waals surface area (Å²) >= 11 is 0. The molecule has 0 aromatic heterocycles. The number of hydrogen-bond acceptors (Lipinski definition) is 4. The molecule has 120 valence electrons. The summed E-state index contributed by atoms with van der Waals surface area (Å²) in [7, 11) is 0. The number of aromatic hydroxyl groups is 1. The van der Waals surface area contributed by atoms with Gasteiger partial charge in [-0.3, -0.25) is 4.79 Å². The predicted molar refractivity (Wildman–Crippen MR) is 89.9 cm³/mol. The molecule has 23 heavy (non-hydrogen) atoms. The standard InChI is InChI=1S/C18H20N2O3/c1-13(2)12-23-17-8-6-15(7-9-17)18(22)20-19-11-14-4-3-5-16(21)10-14/h3-11,13,21H,12H2,1-2H3,(H,20,22)/b19-11+. The third-order valence-corrected chi connectivity index (χ3v) is 2.95. The average Bonchev–Trinajstić information content (AvgIpc) is 2.53. The van der Waals surface area contributed by atoms with E-state index < -0.39 is 0 Å². The number of phenols is 1. The fourth-order valence-corrected chi connectivity index (χ4v) is 1.80. The average molecular weight is 312 g/mol. The van der Waals surface area contributed by atoms with Crippen molar-refractivity contribution in [3.05, 3.63) is 59.7 Å². The van der Waals surface area contributed by atoms with Gasteiger partial charge in [0, 0.05) is 5.56 Å². The summed E-state index contributed by atoms with van der Waals surface area (Å²) in [4.78, 5) is 12.0. The molecule has 0 spiro atoms. The van der Waals surface area contributed by atoms with Gasteiger partial charge in [0.05, 0.1) is 12.8 Å². The Balaban J connectivity index is 1.90. The van der Waals surface area contributed by atoms with Gasteiger partial charge in [0.25, 0.3) is 5.91 Å². The fourth-order valence-electron chi connectivity index (χ4n) is 1.80. The van der Waals surface area contributed by atoms with Crippen LogP contribution in [0.3, 0.4) is 0 Å². The lowest BCUT2D eigenvalue weighted by atomic mass is 10.2. The lowest BCUT2D eigenvalue weighted by Gasteiger charge is -2.08. The highest BCUT2D eigenvalue weighted by atomic mass is 16.5. The lowest BCUT2D eigenvalue weighted by Crippen LogP contribution is -2.17. The molecule has 0 fully saturated rings. The van der Waals surface area contributed by atoms with Gasteiger partial charge in [-0.05, 0) is 47.9 Å². The van der Waals surface area contributed by atoms with E-state index in [1.165, 1.54) is 6.21 Å². The number of ether oxygens (including phenoxy) is 1. The van der Waals surface area contributed by atoms with Crippen molar-refractivity contribution in [1.82, 2.24) is 5.43 Å². The first-order valence-electron chi connectivity index (χ1n) is 7.40. The van der Waals surface area contributed by atoms with Crippen LogP contribution in [0.25, 0.3) is 0 Å². The minimum absolute atomic E-state index is 0.150. The molecular weight excluding hydrogens is 292 g/mol. The first kappa shape index (κ1) is 16.5. The zero-order valence-corrected chi connectivity index (χ0v) is 13.2. The van der Waals surface area contributed by atoms with Crippen molar-refractivity contribution in [3.63, 3.8) is 0 Å². The summed E-state index contributed by atoms with van der Waals surface area (Å²) in [6.45, 7) is 4.79. The molecule has 5 heteroatoms. The van der Waals surface area contributed by atoms with Crippen LogP contribution in [0.4, 0.5) is 0 Å². The molecule has 0 aliphatic rings. The van der Waals surface area contributed by atoms with Crippen molar-refractivity contribution in [2.75, 3.05) is 6.61 Å². The number of hydrogen-bond donors (Lipinski definition) is 2. The van der Waals surface area contributed by atoms with Crippen LogP contribution < -0.4 is 10.2 Å². The molecule has 0 saturated carbocycles. The number of rotatable bonds is 6. The highest BCUT2D eigenvalue weighted by Crippen LogP contribution is 2.13. The van der Waals surface area contributed by atoms with E-state index in [4.69, 9.17) is 4.74 Å². The normalized spacial score (nSPS) is 10.9. The molecule has 0 bridgehead atoms. The quantitative estimate of drug-likeness (QED) is 0.635. The Hall–Kier alpha value is -2.82. The molecule has 0 atom stereocenters. The second-order valence-electron chi connectivity index (χ2n) is 5.52. The molecule has 2 N–H and O–H groups in total. The zero-order valence-electron chi connectivity index (χ0n) is 13.2. The summed E-state index contributed by atoms with van der Waals surface area (Å²) in [5, 5.41) is 13.2. The molecule has 2 aromatic carbocycles. The predicted octanol–water partition coefficient (Wildman–Crippen LogP) is 3.19. The third-order valence-electron chi connectivity index (χ3n) is 2.95. The monoisotopic (exact) mass is 312 g/mol. The van der Waals surface area contributed by atoms with E-state index in [2.05, 4.69) is 24.4 Å². The maximum atomic E-state index is 12.0. The summed E-state index contributed by atoms with van der Waals surface area (Å²) in [6, 6.07) is 13.5. The highest BCUT2D eigenvalue weighted by molar-refractivity contribution is 5.95. The Bertz CT molecular complexity index is 679. The van der Waals surface area contributed by atoms with E-state index in [1.807, 2.05) is 0 Å². The Morgan fingerprint density at radius 2 is 2.00 bits per heavy atom. The number of benzene rings is 2. The lowest BCUT2D eigenvalue weighted by molar-refractivity contribution is 0.0955. The van der Waals surface area contributed by atoms with Gasteiger partial charge in [-0.2, -0.15) is 5.10 Å². The van der Waals surface area contributed by atoms with Gasteiger partial charge in [0.15, 0.2) is 0 Å². The van der Waals surface area contributed by atoms with E-state index in [-0.39, 0.29) is 11.7 Å². The Kier molecular flexibility index (Phi) is 5.74. The van der Waals surface area contributed by atoms with Crippen LogP contribution in [-0.4, -0.2) is 23.8 Å². The Labute approximate surface area is 135 Å². The van der Waals surface area contributed by atoms with E-state index in [0.717, 1.165) is 5.75 Å². The smallest absolute Gasteiger partial charge is 0.271 e. The van der Waals surface area contributed by atoms with Crippen molar-refractivity contribution in [2.24, 2.45) is 11.0 Å². The zero-order chi connectivity index (χ0) is 16.7. The first-order valence-corrected chi connectivity index (χ1v) is 7.40. The maximum absolute atomic E-state index is 12.0. The van der Waals surface area contributed by atoms with Crippen LogP contribution in [0, 0.1) is 5.92 Å². The molecule has 2 rings (SSSR count). The van der Waals surface area contributed by atoms with Gasteiger partial charge in [-0.25, -0.2) is 5.43 Å². The summed E-state index contributed by atoms with van der Waals surface area (Å²) < 4.78 is 5.57. The molecule has 1 amide bonds. The first-order chi connectivity index (χ1) is 11.0. The van der Waals surface area contributed by atoms with Crippen LogP contribution >= 0.6 is 0 Å². The van der Waals surface area contributed by atoms with Crippen molar-refractivity contribution in [3.8, 4) is 11.5 Å². The summed E-state index contributed by atoms with van der Waals surface area (Å²) in [5.41, 5.74) is 3.64. The van der Waals surface area contributed by atoms with Crippen molar-refractivity contribution >= 4 is 12.1 Å². The van der Waals surface area contributed by atoms with Gasteiger partial charge < -0.3 is 9.84 Å². The molecule has 0 heterocycles. The molecule has 0 unspecified atom stereocenters. The van der Waals surface area contributed by atoms with E-state index in [0.29, 0.717) is 23.7 Å². The van der Waals surface area contributed by atoms with Crippen LogP contribution in [-0.2, 0) is 0 Å². The minimum Gasteiger partial charge on any atom is -0.508 e. The number of amides is 1. The number of nitrogens with one attached hydrogen (secondary N) is 1. The molecule has 0 radical (unpaired) electrons. The van der Waals surface area contributed by atoms with Crippen molar-refractivity contribution in [2.45, 2.75) is 13.8 Å². The summed E-state index contributed by atoms with van der Waals surface area (Å²) in [5.74, 6) is 1.03. The number of phenolic OH excluding ortho intramolecular Hbond substituents is 1. The van der Waals surface area contributed by atoms with E-state index in [9.17, 15) is 9.90 Å². The van der Waals surface area contributed by atoms with Crippen molar-refractivity contribution in [1.29, 1.82) is 0 Å². The molecule has 0 aliphatic heterocycles. The van der Waals surface area contributed by atoms with E-state index >= 15 is 0 Å². The van der Waals surface area contributed by atoms with Gasteiger partial charge in [-0.15, -0.1) is 0 Å². The number of carbonyl (C=O) groups excluding carboxylic acids is 1. The molecule has 0 aliphatic carbocycles. The molecule has 5 nitrogen and oxygen atoms in total. The molecule has 2 aromatic rings. The second kappa shape index (κ2) is 7.98. The number of hydrazone groups is 1. The molecular formula is C18H20N2O3. The van der Waals surface area contributed by atoms with Gasteiger partial charge in [-0.1, -0.05) is 26.0 Å². The van der Waals surface area contributed by atoms with Crippen molar-refractivity contribution < 1.29 is 14.6 Å². The number of nitrogens with zero attached hydrogens (tertiary/aromatic N) is 1. The van der Waals surface area contributed by atoms with Crippen LogP contribution in [0.15, 0.2) is 53.6 Å². The van der Waals surface area contributed by atoms with Gasteiger partial charge in [0.2, 0.25) is 0 Å². The van der Waals surface area contributed by atoms with Crippen LogP contribution in [0.1, 0.15) is 29.8 Å². The third kappa shape index (κ3) is 5.47. The highest BCUT2D eigenvalue weighted by Gasteiger charge is 2.04. The van der Waals surface area contributed by atoms with Crippen LogP contribution in [0.2, 0.25) is 0 Å². The largest absolute Gasteiger partial charge is 0.508 e. The second-order valence-corrected chi connectivity index (χ2v) is 5.52. The van der Waals surface area contributed by atoms with Gasteiger partial charge >= 0.3 is 0 Å².